The largest absolute Gasteiger partial charge is 0.454 e. The second-order valence-corrected chi connectivity index (χ2v) is 8.52. The second-order valence-electron chi connectivity index (χ2n) is 8.52. The first-order valence-electron chi connectivity index (χ1n) is 11.3. The molecule has 0 amide bonds. The van der Waals surface area contributed by atoms with Gasteiger partial charge in [-0.2, -0.15) is 4.98 Å². The topological polar surface area (TPSA) is 89.6 Å². The number of hydrogen-bond donors (Lipinski definition) is 0. The molecule has 0 unspecified atom stereocenters. The minimum atomic E-state index is 0.303. The highest BCUT2D eigenvalue weighted by Gasteiger charge is 2.21. The van der Waals surface area contributed by atoms with Gasteiger partial charge in [0.05, 0.1) is 0 Å². The molecule has 172 valence electrons. The standard InChI is InChI=1S/C25H24N6O3/c1-17-2-5-19(6-3-17)24-26-25(34-29-24)20-7-9-23(28-27-20)31-12-10-30(11-13-31)15-18-4-8-21-22(14-18)33-16-32-21/h2-9,14H,10-13,15-16H2,1H3. The number of piperazine rings is 1. The lowest BCUT2D eigenvalue weighted by molar-refractivity contribution is 0.174. The van der Waals surface area contributed by atoms with Crippen LogP contribution in [0.25, 0.3) is 23.0 Å². The third-order valence-corrected chi connectivity index (χ3v) is 6.14. The summed E-state index contributed by atoms with van der Waals surface area (Å²) >= 11 is 0. The highest BCUT2D eigenvalue weighted by molar-refractivity contribution is 5.58. The maximum atomic E-state index is 5.49. The van der Waals surface area contributed by atoms with Gasteiger partial charge < -0.3 is 18.9 Å². The molecule has 34 heavy (non-hydrogen) atoms. The number of aromatic nitrogens is 4. The van der Waals surface area contributed by atoms with Crippen LogP contribution in [0, 0.1) is 6.92 Å². The van der Waals surface area contributed by atoms with Gasteiger partial charge in [-0.05, 0) is 36.8 Å². The zero-order valence-electron chi connectivity index (χ0n) is 18.8. The van der Waals surface area contributed by atoms with Gasteiger partial charge in [0.1, 0.15) is 0 Å². The van der Waals surface area contributed by atoms with Gasteiger partial charge in [0, 0.05) is 38.3 Å². The summed E-state index contributed by atoms with van der Waals surface area (Å²) in [5.74, 6) is 3.41. The van der Waals surface area contributed by atoms with Crippen molar-refractivity contribution in [1.29, 1.82) is 0 Å². The number of anilines is 1. The van der Waals surface area contributed by atoms with Crippen molar-refractivity contribution in [1.82, 2.24) is 25.2 Å². The Labute approximate surface area is 196 Å². The fraction of sp³-hybridized carbons (Fsp3) is 0.280. The number of aryl methyl sites for hydroxylation is 1. The third-order valence-electron chi connectivity index (χ3n) is 6.14. The summed E-state index contributed by atoms with van der Waals surface area (Å²) < 4.78 is 16.3. The van der Waals surface area contributed by atoms with Crippen LogP contribution in [-0.4, -0.2) is 58.2 Å². The van der Waals surface area contributed by atoms with E-state index in [1.54, 1.807) is 0 Å². The van der Waals surface area contributed by atoms with Crippen LogP contribution in [0.3, 0.4) is 0 Å². The molecule has 9 nitrogen and oxygen atoms in total. The molecule has 6 rings (SSSR count). The predicted octanol–water partition coefficient (Wildman–Crippen LogP) is 3.55. The molecule has 1 saturated heterocycles. The molecule has 0 saturated carbocycles. The Bertz CT molecular complexity index is 1280. The Kier molecular flexibility index (Phi) is 5.31. The maximum absolute atomic E-state index is 5.49. The summed E-state index contributed by atoms with van der Waals surface area (Å²) in [6.07, 6.45) is 0. The van der Waals surface area contributed by atoms with E-state index < -0.39 is 0 Å². The summed E-state index contributed by atoms with van der Waals surface area (Å²) in [4.78, 5) is 9.16. The first-order valence-corrected chi connectivity index (χ1v) is 11.3. The summed E-state index contributed by atoms with van der Waals surface area (Å²) in [5, 5.41) is 12.8. The Morgan fingerprint density at radius 1 is 0.853 bits per heavy atom. The Morgan fingerprint density at radius 2 is 1.68 bits per heavy atom. The molecule has 4 heterocycles. The molecule has 0 bridgehead atoms. The molecule has 0 radical (unpaired) electrons. The highest BCUT2D eigenvalue weighted by Crippen LogP contribution is 2.33. The van der Waals surface area contributed by atoms with E-state index in [1.165, 1.54) is 11.1 Å². The number of benzene rings is 2. The molecule has 0 atom stereocenters. The number of fused-ring (bicyclic) bond motifs is 1. The number of hydrogen-bond acceptors (Lipinski definition) is 9. The summed E-state index contributed by atoms with van der Waals surface area (Å²) in [6.45, 7) is 6.89. The number of nitrogens with zero attached hydrogens (tertiary/aromatic N) is 6. The maximum Gasteiger partial charge on any atom is 0.278 e. The Hall–Kier alpha value is -3.98. The predicted molar refractivity (Wildman–Crippen MR) is 126 cm³/mol. The van der Waals surface area contributed by atoms with E-state index in [0.717, 1.165) is 55.6 Å². The van der Waals surface area contributed by atoms with Crippen LogP contribution < -0.4 is 14.4 Å². The molecule has 0 aliphatic carbocycles. The monoisotopic (exact) mass is 456 g/mol. The van der Waals surface area contributed by atoms with Gasteiger partial charge in [-0.3, -0.25) is 4.90 Å². The lowest BCUT2D eigenvalue weighted by Gasteiger charge is -2.35. The summed E-state index contributed by atoms with van der Waals surface area (Å²) in [6, 6.07) is 18.0. The van der Waals surface area contributed by atoms with Crippen LogP contribution >= 0.6 is 0 Å². The van der Waals surface area contributed by atoms with Crippen molar-refractivity contribution in [2.75, 3.05) is 37.9 Å². The van der Waals surface area contributed by atoms with Crippen molar-refractivity contribution in [3.05, 3.63) is 65.7 Å². The van der Waals surface area contributed by atoms with Gasteiger partial charge in [-0.25, -0.2) is 0 Å². The third kappa shape index (κ3) is 4.17. The average molecular weight is 457 g/mol. The van der Waals surface area contributed by atoms with E-state index in [1.807, 2.05) is 49.4 Å². The molecule has 2 aromatic heterocycles. The number of ether oxygens (including phenoxy) is 2. The van der Waals surface area contributed by atoms with E-state index in [2.05, 4.69) is 42.3 Å². The quantitative estimate of drug-likeness (QED) is 0.447. The molecule has 2 aromatic carbocycles. The van der Waals surface area contributed by atoms with Crippen LogP contribution in [0.2, 0.25) is 0 Å². The van der Waals surface area contributed by atoms with E-state index >= 15 is 0 Å². The van der Waals surface area contributed by atoms with Crippen LogP contribution in [-0.2, 0) is 6.54 Å². The van der Waals surface area contributed by atoms with E-state index in [0.29, 0.717) is 24.2 Å². The van der Waals surface area contributed by atoms with Gasteiger partial charge in [-0.15, -0.1) is 10.2 Å². The van der Waals surface area contributed by atoms with E-state index in [4.69, 9.17) is 14.0 Å². The Morgan fingerprint density at radius 3 is 2.47 bits per heavy atom. The van der Waals surface area contributed by atoms with Gasteiger partial charge in [0.15, 0.2) is 23.0 Å². The second kappa shape index (κ2) is 8.75. The minimum absolute atomic E-state index is 0.303. The van der Waals surface area contributed by atoms with Crippen LogP contribution in [0.1, 0.15) is 11.1 Å². The van der Waals surface area contributed by atoms with Crippen LogP contribution in [0.5, 0.6) is 11.5 Å². The van der Waals surface area contributed by atoms with Crippen molar-refractivity contribution >= 4 is 5.82 Å². The smallest absolute Gasteiger partial charge is 0.278 e. The zero-order valence-corrected chi connectivity index (χ0v) is 18.8. The normalized spacial score (nSPS) is 15.6. The molecule has 4 aromatic rings. The van der Waals surface area contributed by atoms with E-state index in [9.17, 15) is 0 Å². The molecule has 2 aliphatic rings. The lowest BCUT2D eigenvalue weighted by Crippen LogP contribution is -2.46. The van der Waals surface area contributed by atoms with Crippen molar-refractivity contribution in [3.63, 3.8) is 0 Å². The first kappa shape index (κ1) is 20.6. The zero-order chi connectivity index (χ0) is 22.9. The van der Waals surface area contributed by atoms with Crippen LogP contribution in [0.15, 0.2) is 59.1 Å². The molecule has 9 heteroatoms. The van der Waals surface area contributed by atoms with Crippen molar-refractivity contribution in [2.45, 2.75) is 13.5 Å². The van der Waals surface area contributed by atoms with Gasteiger partial charge in [0.25, 0.3) is 5.89 Å². The molecule has 1 fully saturated rings. The summed E-state index contributed by atoms with van der Waals surface area (Å²) in [7, 11) is 0. The molecule has 0 N–H and O–H groups in total. The molecule has 0 spiro atoms. The molecule has 2 aliphatic heterocycles. The first-order chi connectivity index (χ1) is 16.7. The van der Waals surface area contributed by atoms with Crippen molar-refractivity contribution in [3.8, 4) is 34.5 Å². The SMILES string of the molecule is Cc1ccc(-c2noc(-c3ccc(N4CCN(Cc5ccc6c(c5)OCO6)CC4)nn3)n2)cc1. The van der Waals surface area contributed by atoms with Gasteiger partial charge in [-0.1, -0.05) is 41.1 Å². The Balaban J connectivity index is 1.07. The summed E-state index contributed by atoms with van der Waals surface area (Å²) in [5.41, 5.74) is 3.88. The van der Waals surface area contributed by atoms with Crippen molar-refractivity contribution in [2.24, 2.45) is 0 Å². The van der Waals surface area contributed by atoms with Gasteiger partial charge in [0.2, 0.25) is 12.6 Å². The molecular weight excluding hydrogens is 432 g/mol. The molecular formula is C25H24N6O3. The lowest BCUT2D eigenvalue weighted by atomic mass is 10.1. The fourth-order valence-corrected chi connectivity index (χ4v) is 4.19. The fourth-order valence-electron chi connectivity index (χ4n) is 4.19. The highest BCUT2D eigenvalue weighted by atomic mass is 16.7. The average Bonchev–Trinajstić information content (AvgIpc) is 3.55. The van der Waals surface area contributed by atoms with Crippen LogP contribution in [0.4, 0.5) is 5.82 Å². The minimum Gasteiger partial charge on any atom is -0.454 e. The van der Waals surface area contributed by atoms with Gasteiger partial charge >= 0.3 is 0 Å². The van der Waals surface area contributed by atoms with Crippen molar-refractivity contribution < 1.29 is 14.0 Å². The van der Waals surface area contributed by atoms with E-state index in [-0.39, 0.29) is 0 Å². The number of rotatable bonds is 5.